The van der Waals surface area contributed by atoms with Crippen LogP contribution in [0.3, 0.4) is 0 Å². The van der Waals surface area contributed by atoms with Gasteiger partial charge in [-0.25, -0.2) is 0 Å². The van der Waals surface area contributed by atoms with Gasteiger partial charge in [0.25, 0.3) is 0 Å². The average molecular weight is 317 g/mol. The van der Waals surface area contributed by atoms with E-state index in [0.29, 0.717) is 19.5 Å². The van der Waals surface area contributed by atoms with Gasteiger partial charge < -0.3 is 15.1 Å². The van der Waals surface area contributed by atoms with Gasteiger partial charge in [0.1, 0.15) is 0 Å². The summed E-state index contributed by atoms with van der Waals surface area (Å²) in [5, 5.41) is 2.98. The zero-order valence-electron chi connectivity index (χ0n) is 14.3. The van der Waals surface area contributed by atoms with E-state index in [1.165, 1.54) is 11.1 Å². The Kier molecular flexibility index (Phi) is 6.16. The average Bonchev–Trinajstić information content (AvgIpc) is 2.51. The van der Waals surface area contributed by atoms with Crippen molar-refractivity contribution >= 4 is 11.8 Å². The molecule has 1 fully saturated rings. The van der Waals surface area contributed by atoms with Crippen LogP contribution in [-0.4, -0.2) is 55.3 Å². The molecule has 0 aromatic heterocycles. The summed E-state index contributed by atoms with van der Waals surface area (Å²) >= 11 is 0. The number of nitrogens with one attached hydrogen (secondary N) is 1. The third kappa shape index (κ3) is 4.79. The van der Waals surface area contributed by atoms with Crippen molar-refractivity contribution in [2.45, 2.75) is 32.2 Å². The molecule has 5 heteroatoms. The molecule has 0 bridgehead atoms. The molecule has 1 aromatic rings. The number of hydrogen-bond acceptors (Lipinski definition) is 3. The highest BCUT2D eigenvalue weighted by molar-refractivity contribution is 5.85. The number of nitrogens with zero attached hydrogens (tertiary/aromatic N) is 2. The maximum atomic E-state index is 12.2. The number of aryl methyl sites for hydroxylation is 1. The highest BCUT2D eigenvalue weighted by Gasteiger charge is 2.22. The lowest BCUT2D eigenvalue weighted by atomic mass is 10.0. The van der Waals surface area contributed by atoms with E-state index in [2.05, 4.69) is 29.3 Å². The normalized spacial score (nSPS) is 16.5. The predicted molar refractivity (Wildman–Crippen MR) is 91.0 cm³/mol. The molecule has 0 radical (unpaired) electrons. The summed E-state index contributed by atoms with van der Waals surface area (Å²) in [4.78, 5) is 27.7. The Hall–Kier alpha value is -1.88. The van der Waals surface area contributed by atoms with Crippen LogP contribution in [0.15, 0.2) is 24.3 Å². The van der Waals surface area contributed by atoms with E-state index in [0.717, 1.165) is 12.8 Å². The lowest BCUT2D eigenvalue weighted by Crippen LogP contribution is -2.44. The van der Waals surface area contributed by atoms with Crippen LogP contribution in [0.2, 0.25) is 0 Å². The van der Waals surface area contributed by atoms with Crippen molar-refractivity contribution in [3.63, 3.8) is 0 Å². The van der Waals surface area contributed by atoms with Crippen LogP contribution in [0.1, 0.15) is 36.4 Å². The van der Waals surface area contributed by atoms with Gasteiger partial charge in [0.2, 0.25) is 11.8 Å². The quantitative estimate of drug-likeness (QED) is 0.869. The van der Waals surface area contributed by atoms with Crippen molar-refractivity contribution in [1.82, 2.24) is 15.1 Å². The molecule has 0 spiro atoms. The highest BCUT2D eigenvalue weighted by atomic mass is 16.2. The van der Waals surface area contributed by atoms with Gasteiger partial charge in [-0.1, -0.05) is 24.3 Å². The molecule has 1 atom stereocenters. The third-order valence-electron chi connectivity index (χ3n) is 4.42. The van der Waals surface area contributed by atoms with E-state index < -0.39 is 0 Å². The van der Waals surface area contributed by atoms with Crippen LogP contribution in [0.25, 0.3) is 0 Å². The zero-order valence-corrected chi connectivity index (χ0v) is 14.3. The Morgan fingerprint density at radius 3 is 2.70 bits per heavy atom. The van der Waals surface area contributed by atoms with Gasteiger partial charge in [0.15, 0.2) is 0 Å². The summed E-state index contributed by atoms with van der Waals surface area (Å²) in [7, 11) is 4.02. The van der Waals surface area contributed by atoms with Crippen LogP contribution < -0.4 is 5.32 Å². The van der Waals surface area contributed by atoms with Crippen molar-refractivity contribution in [2.24, 2.45) is 0 Å². The van der Waals surface area contributed by atoms with E-state index in [1.54, 1.807) is 4.90 Å². The van der Waals surface area contributed by atoms with Crippen LogP contribution in [0, 0.1) is 6.92 Å². The van der Waals surface area contributed by atoms with Crippen LogP contribution >= 0.6 is 0 Å². The van der Waals surface area contributed by atoms with E-state index in [1.807, 2.05) is 26.2 Å². The topological polar surface area (TPSA) is 52.7 Å². The smallest absolute Gasteiger partial charge is 0.239 e. The predicted octanol–water partition coefficient (Wildman–Crippen LogP) is 1.73. The second-order valence-corrected chi connectivity index (χ2v) is 6.41. The second kappa shape index (κ2) is 8.11. The Bertz CT molecular complexity index is 557. The number of hydrogen-bond donors (Lipinski definition) is 1. The molecule has 1 N–H and O–H groups in total. The summed E-state index contributed by atoms with van der Waals surface area (Å²) in [6, 6.07) is 8.34. The lowest BCUT2D eigenvalue weighted by Gasteiger charge is -2.28. The SMILES string of the molecule is Cc1ccccc1C(CNC(=O)CN1CCCCC1=O)N(C)C. The minimum Gasteiger partial charge on any atom is -0.353 e. The number of piperidine rings is 1. The molecule has 5 nitrogen and oxygen atoms in total. The summed E-state index contributed by atoms with van der Waals surface area (Å²) < 4.78 is 0. The first kappa shape index (κ1) is 17.5. The van der Waals surface area contributed by atoms with Crippen molar-refractivity contribution < 1.29 is 9.59 Å². The van der Waals surface area contributed by atoms with Gasteiger partial charge in [-0.3, -0.25) is 9.59 Å². The molecule has 1 heterocycles. The van der Waals surface area contributed by atoms with E-state index in [4.69, 9.17) is 0 Å². The maximum Gasteiger partial charge on any atom is 0.239 e. The molecule has 1 saturated heterocycles. The van der Waals surface area contributed by atoms with Gasteiger partial charge >= 0.3 is 0 Å². The minimum atomic E-state index is -0.0827. The number of carbonyl (C=O) groups is 2. The first-order valence-corrected chi connectivity index (χ1v) is 8.25. The van der Waals surface area contributed by atoms with E-state index in [9.17, 15) is 9.59 Å². The molecule has 0 saturated carbocycles. The Balaban J connectivity index is 1.92. The molecule has 1 aromatic carbocycles. The van der Waals surface area contributed by atoms with Crippen LogP contribution in [0.5, 0.6) is 0 Å². The fraction of sp³-hybridized carbons (Fsp3) is 0.556. The van der Waals surface area contributed by atoms with Crippen molar-refractivity contribution in [1.29, 1.82) is 0 Å². The Morgan fingerprint density at radius 2 is 2.04 bits per heavy atom. The molecular weight excluding hydrogens is 290 g/mol. The first-order chi connectivity index (χ1) is 11.0. The van der Waals surface area contributed by atoms with Crippen molar-refractivity contribution in [3.8, 4) is 0 Å². The van der Waals surface area contributed by atoms with Gasteiger partial charge in [0.05, 0.1) is 12.6 Å². The molecule has 2 rings (SSSR count). The summed E-state index contributed by atoms with van der Waals surface area (Å²) in [5.74, 6) is 0.00940. The third-order valence-corrected chi connectivity index (χ3v) is 4.42. The van der Waals surface area contributed by atoms with Gasteiger partial charge in [-0.2, -0.15) is 0 Å². The van der Waals surface area contributed by atoms with E-state index in [-0.39, 0.29) is 24.4 Å². The van der Waals surface area contributed by atoms with Gasteiger partial charge in [0, 0.05) is 19.5 Å². The van der Waals surface area contributed by atoms with Crippen molar-refractivity contribution in [2.75, 3.05) is 33.7 Å². The Labute approximate surface area is 138 Å². The van der Waals surface area contributed by atoms with Crippen LogP contribution in [0.4, 0.5) is 0 Å². The molecular formula is C18H27N3O2. The van der Waals surface area contributed by atoms with Gasteiger partial charge in [-0.05, 0) is 45.0 Å². The molecule has 23 heavy (non-hydrogen) atoms. The number of benzene rings is 1. The fourth-order valence-corrected chi connectivity index (χ4v) is 3.00. The number of likely N-dealkylation sites (tertiary alicyclic amines) is 1. The number of carbonyl (C=O) groups excluding carboxylic acids is 2. The Morgan fingerprint density at radius 1 is 1.30 bits per heavy atom. The van der Waals surface area contributed by atoms with Crippen LogP contribution in [-0.2, 0) is 9.59 Å². The number of likely N-dealkylation sites (N-methyl/N-ethyl adjacent to an activating group) is 1. The standard InChI is InChI=1S/C18H27N3O2/c1-14-8-4-5-9-15(14)16(20(2)3)12-19-17(22)13-21-11-7-6-10-18(21)23/h4-5,8-9,16H,6-7,10-13H2,1-3H3,(H,19,22). The van der Waals surface area contributed by atoms with Crippen molar-refractivity contribution in [3.05, 3.63) is 35.4 Å². The lowest BCUT2D eigenvalue weighted by molar-refractivity contribution is -0.137. The maximum absolute atomic E-state index is 12.2. The second-order valence-electron chi connectivity index (χ2n) is 6.41. The first-order valence-electron chi connectivity index (χ1n) is 8.25. The molecule has 1 unspecified atom stereocenters. The number of rotatable bonds is 6. The molecule has 1 aliphatic heterocycles. The number of amides is 2. The van der Waals surface area contributed by atoms with E-state index >= 15 is 0 Å². The van der Waals surface area contributed by atoms with Gasteiger partial charge in [-0.15, -0.1) is 0 Å². The largest absolute Gasteiger partial charge is 0.353 e. The minimum absolute atomic E-state index is 0.0827. The highest BCUT2D eigenvalue weighted by Crippen LogP contribution is 2.21. The molecule has 126 valence electrons. The zero-order chi connectivity index (χ0) is 16.8. The summed E-state index contributed by atoms with van der Waals surface area (Å²) in [5.41, 5.74) is 2.43. The molecule has 1 aliphatic rings. The monoisotopic (exact) mass is 317 g/mol. The fourth-order valence-electron chi connectivity index (χ4n) is 3.00. The summed E-state index contributed by atoms with van der Waals surface area (Å²) in [6.45, 7) is 3.49. The summed E-state index contributed by atoms with van der Waals surface area (Å²) in [6.07, 6.45) is 2.49. The molecule has 2 amide bonds. The molecule has 0 aliphatic carbocycles.